The molecule has 0 fully saturated rings. The number of hydrogen-bond acceptors (Lipinski definition) is 3. The molecule has 2 unspecified atom stereocenters. The highest BCUT2D eigenvalue weighted by atomic mass is 16.6. The van der Waals surface area contributed by atoms with Gasteiger partial charge in [0.1, 0.15) is 0 Å². The van der Waals surface area contributed by atoms with Gasteiger partial charge in [-0.15, -0.1) is 0 Å². The maximum atomic E-state index is 10.9. The molecule has 4 nitrogen and oxygen atoms in total. The Hall–Kier alpha value is -1.84. The minimum Gasteiger partial charge on any atom is -0.385 e. The molecule has 2 rings (SSSR count). The predicted molar refractivity (Wildman–Crippen MR) is 82.0 cm³/mol. The van der Waals surface area contributed by atoms with E-state index in [0.29, 0.717) is 17.4 Å². The van der Waals surface area contributed by atoms with E-state index >= 15 is 0 Å². The molecule has 0 heterocycles. The van der Waals surface area contributed by atoms with Gasteiger partial charge in [0.25, 0.3) is 5.69 Å². The third kappa shape index (κ3) is 3.59. The Morgan fingerprint density at radius 2 is 2.15 bits per heavy atom. The Balaban J connectivity index is 1.99. The second-order valence-corrected chi connectivity index (χ2v) is 5.94. The fraction of sp³-hybridized carbons (Fsp3) is 0.500. The van der Waals surface area contributed by atoms with Crippen molar-refractivity contribution in [1.29, 1.82) is 0 Å². The lowest BCUT2D eigenvalue weighted by molar-refractivity contribution is -0.385. The second-order valence-electron chi connectivity index (χ2n) is 5.94. The highest BCUT2D eigenvalue weighted by Gasteiger charge is 2.18. The summed E-state index contributed by atoms with van der Waals surface area (Å²) in [5.41, 5.74) is 3.17. The molecule has 0 bridgehead atoms. The van der Waals surface area contributed by atoms with Gasteiger partial charge in [0, 0.05) is 23.9 Å². The van der Waals surface area contributed by atoms with Crippen LogP contribution in [0.4, 0.5) is 11.4 Å². The van der Waals surface area contributed by atoms with Gasteiger partial charge in [-0.3, -0.25) is 10.1 Å². The SMILES string of the molecule is CC1=CC(C)CC(CNc2ccc(C)c([N+](=O)[O-])c2)C1. The summed E-state index contributed by atoms with van der Waals surface area (Å²) in [6.45, 7) is 7.06. The van der Waals surface area contributed by atoms with Crippen molar-refractivity contribution in [3.8, 4) is 0 Å². The van der Waals surface area contributed by atoms with Crippen LogP contribution < -0.4 is 5.32 Å². The minimum absolute atomic E-state index is 0.183. The van der Waals surface area contributed by atoms with E-state index in [1.54, 1.807) is 19.1 Å². The van der Waals surface area contributed by atoms with Crippen LogP contribution in [-0.2, 0) is 0 Å². The highest BCUT2D eigenvalue weighted by molar-refractivity contribution is 5.54. The van der Waals surface area contributed by atoms with Crippen molar-refractivity contribution >= 4 is 11.4 Å². The topological polar surface area (TPSA) is 55.2 Å². The van der Waals surface area contributed by atoms with Crippen molar-refractivity contribution in [3.05, 3.63) is 45.5 Å². The molecular weight excluding hydrogens is 252 g/mol. The average molecular weight is 274 g/mol. The van der Waals surface area contributed by atoms with Crippen LogP contribution in [0.1, 0.15) is 32.3 Å². The molecule has 0 aromatic heterocycles. The maximum Gasteiger partial charge on any atom is 0.274 e. The number of rotatable bonds is 4. The van der Waals surface area contributed by atoms with Gasteiger partial charge < -0.3 is 5.32 Å². The number of nitrogens with zero attached hydrogens (tertiary/aromatic N) is 1. The first-order valence-electron chi connectivity index (χ1n) is 7.12. The molecule has 0 aliphatic heterocycles. The van der Waals surface area contributed by atoms with E-state index in [4.69, 9.17) is 0 Å². The zero-order valence-electron chi connectivity index (χ0n) is 12.3. The average Bonchev–Trinajstić information content (AvgIpc) is 2.36. The molecule has 0 spiro atoms. The summed E-state index contributed by atoms with van der Waals surface area (Å²) in [4.78, 5) is 10.6. The van der Waals surface area contributed by atoms with Crippen LogP contribution in [-0.4, -0.2) is 11.5 Å². The molecule has 1 aliphatic rings. The van der Waals surface area contributed by atoms with E-state index < -0.39 is 0 Å². The van der Waals surface area contributed by atoms with E-state index in [0.717, 1.165) is 18.7 Å². The van der Waals surface area contributed by atoms with Crippen LogP contribution in [0.15, 0.2) is 29.8 Å². The molecule has 108 valence electrons. The smallest absolute Gasteiger partial charge is 0.274 e. The van der Waals surface area contributed by atoms with E-state index in [1.807, 2.05) is 6.07 Å². The van der Waals surface area contributed by atoms with Gasteiger partial charge >= 0.3 is 0 Å². The molecule has 1 N–H and O–H groups in total. The molecular formula is C16H22N2O2. The van der Waals surface area contributed by atoms with Crippen molar-refractivity contribution in [2.24, 2.45) is 11.8 Å². The van der Waals surface area contributed by atoms with Crippen LogP contribution in [0.25, 0.3) is 0 Å². The van der Waals surface area contributed by atoms with Gasteiger partial charge in [0.15, 0.2) is 0 Å². The van der Waals surface area contributed by atoms with Crippen LogP contribution >= 0.6 is 0 Å². The van der Waals surface area contributed by atoms with Gasteiger partial charge in [-0.2, -0.15) is 0 Å². The predicted octanol–water partition coefficient (Wildman–Crippen LogP) is 4.31. The van der Waals surface area contributed by atoms with Crippen molar-refractivity contribution in [1.82, 2.24) is 0 Å². The zero-order valence-corrected chi connectivity index (χ0v) is 12.3. The molecule has 1 aliphatic carbocycles. The Labute approximate surface area is 120 Å². The van der Waals surface area contributed by atoms with E-state index in [1.165, 1.54) is 12.0 Å². The number of allylic oxidation sites excluding steroid dienone is 2. The monoisotopic (exact) mass is 274 g/mol. The number of anilines is 1. The Kier molecular flexibility index (Phi) is 4.42. The fourth-order valence-electron chi connectivity index (χ4n) is 3.02. The Bertz CT molecular complexity index is 537. The molecule has 0 radical (unpaired) electrons. The molecule has 20 heavy (non-hydrogen) atoms. The minimum atomic E-state index is -0.323. The van der Waals surface area contributed by atoms with Crippen molar-refractivity contribution in [2.45, 2.75) is 33.6 Å². The lowest BCUT2D eigenvalue weighted by Crippen LogP contribution is -2.20. The number of hydrogen-bond donors (Lipinski definition) is 1. The van der Waals surface area contributed by atoms with E-state index in [2.05, 4.69) is 25.2 Å². The van der Waals surface area contributed by atoms with Crippen LogP contribution in [0.3, 0.4) is 0 Å². The normalized spacial score (nSPS) is 22.2. The molecule has 0 amide bonds. The number of aryl methyl sites for hydroxylation is 1. The summed E-state index contributed by atoms with van der Waals surface area (Å²) in [7, 11) is 0. The maximum absolute atomic E-state index is 10.9. The summed E-state index contributed by atoms with van der Waals surface area (Å²) in [6.07, 6.45) is 4.64. The van der Waals surface area contributed by atoms with Gasteiger partial charge in [-0.1, -0.05) is 24.6 Å². The fourth-order valence-corrected chi connectivity index (χ4v) is 3.02. The summed E-state index contributed by atoms with van der Waals surface area (Å²) >= 11 is 0. The lowest BCUT2D eigenvalue weighted by Gasteiger charge is -2.26. The van der Waals surface area contributed by atoms with Crippen molar-refractivity contribution in [2.75, 3.05) is 11.9 Å². The summed E-state index contributed by atoms with van der Waals surface area (Å²) in [6, 6.07) is 5.34. The van der Waals surface area contributed by atoms with Gasteiger partial charge in [-0.25, -0.2) is 0 Å². The number of nitro benzene ring substituents is 1. The number of benzene rings is 1. The third-order valence-electron chi connectivity index (χ3n) is 3.89. The molecule has 0 saturated carbocycles. The largest absolute Gasteiger partial charge is 0.385 e. The molecule has 2 atom stereocenters. The Morgan fingerprint density at radius 3 is 2.80 bits per heavy atom. The number of nitrogens with one attached hydrogen (secondary N) is 1. The quantitative estimate of drug-likeness (QED) is 0.505. The van der Waals surface area contributed by atoms with Crippen molar-refractivity contribution in [3.63, 3.8) is 0 Å². The van der Waals surface area contributed by atoms with Gasteiger partial charge in [0.05, 0.1) is 4.92 Å². The zero-order chi connectivity index (χ0) is 14.7. The standard InChI is InChI=1S/C16H22N2O2/c1-11-6-12(2)8-14(7-11)10-17-15-5-4-13(3)16(9-15)18(19)20/h4-6,9,11,14,17H,7-8,10H2,1-3H3. The Morgan fingerprint density at radius 1 is 1.40 bits per heavy atom. The van der Waals surface area contributed by atoms with Gasteiger partial charge in [0.2, 0.25) is 0 Å². The first kappa shape index (κ1) is 14.6. The summed E-state index contributed by atoms with van der Waals surface area (Å²) in [5.74, 6) is 1.23. The third-order valence-corrected chi connectivity index (χ3v) is 3.89. The van der Waals surface area contributed by atoms with E-state index in [9.17, 15) is 10.1 Å². The van der Waals surface area contributed by atoms with Crippen LogP contribution in [0.5, 0.6) is 0 Å². The van der Waals surface area contributed by atoms with Crippen LogP contribution in [0, 0.1) is 28.9 Å². The first-order valence-corrected chi connectivity index (χ1v) is 7.12. The highest BCUT2D eigenvalue weighted by Crippen LogP contribution is 2.29. The lowest BCUT2D eigenvalue weighted by atomic mass is 9.84. The molecule has 4 heteroatoms. The molecule has 1 aromatic carbocycles. The van der Waals surface area contributed by atoms with Crippen molar-refractivity contribution < 1.29 is 4.92 Å². The number of nitro groups is 1. The second kappa shape index (κ2) is 6.07. The first-order chi connectivity index (χ1) is 9.45. The molecule has 1 aromatic rings. The van der Waals surface area contributed by atoms with Gasteiger partial charge in [-0.05, 0) is 44.6 Å². The molecule has 0 saturated heterocycles. The summed E-state index contributed by atoms with van der Waals surface area (Å²) < 4.78 is 0. The van der Waals surface area contributed by atoms with E-state index in [-0.39, 0.29) is 10.6 Å². The summed E-state index contributed by atoms with van der Waals surface area (Å²) in [5, 5.41) is 14.3. The van der Waals surface area contributed by atoms with Crippen LogP contribution in [0.2, 0.25) is 0 Å².